The van der Waals surface area contributed by atoms with Gasteiger partial charge in [-0.1, -0.05) is 20.8 Å². The molecule has 10 atom stereocenters. The van der Waals surface area contributed by atoms with Gasteiger partial charge in [-0.15, -0.1) is 0 Å². The normalized spacial score (nSPS) is 24.0. The smallest absolute Gasteiger partial charge is 0.209 e. The topological polar surface area (TPSA) is 296 Å². The van der Waals surface area contributed by atoms with Gasteiger partial charge in [-0.2, -0.15) is 0 Å². The van der Waals surface area contributed by atoms with E-state index >= 15 is 0 Å². The molecular formula is C116H246N20O13. The SMILES string of the molecule is CC(C)(C)NCCC1CN(C=O)CCO1.CC(C)(C)NCC[C@@H]1CN(C=O)CCO1.CC(C)(C)NCC[C@H]1CN(C=O)CCO1.CCN1CCOC(CCNC(C)(C)C)C1.CCN1CCO[C@@H](CCNC(C)(C)C)C1.CCN1CCO[C@H](CCNC(C)(C)C)C1.CN1CCOC(CCCNC(C)(C)C)C1.CN1CCOC(CCNC(C)(C)C)C1.CN1CCO[C@@H](CCCNC(C)(C)C)C1.CN1CCO[C@H](CCCNC(C)(C)C)C1. The van der Waals surface area contributed by atoms with Crippen molar-refractivity contribution in [3.63, 3.8) is 0 Å². The predicted molar refractivity (Wildman–Crippen MR) is 624 cm³/mol. The van der Waals surface area contributed by atoms with Crippen molar-refractivity contribution < 1.29 is 61.8 Å². The largest absolute Gasteiger partial charge is 0.376 e. The van der Waals surface area contributed by atoms with Crippen molar-refractivity contribution in [3.8, 4) is 0 Å². The molecule has 33 nitrogen and oxygen atoms in total. The van der Waals surface area contributed by atoms with Gasteiger partial charge in [0.15, 0.2) is 0 Å². The first kappa shape index (κ1) is 144. The van der Waals surface area contributed by atoms with E-state index in [2.05, 4.69) is 344 Å². The molecule has 0 saturated carbocycles. The van der Waals surface area contributed by atoms with E-state index in [4.69, 9.17) is 47.4 Å². The maximum Gasteiger partial charge on any atom is 0.209 e. The number of hydrogen-bond acceptors (Lipinski definition) is 30. The Morgan fingerprint density at radius 3 is 0.490 bits per heavy atom. The van der Waals surface area contributed by atoms with Gasteiger partial charge in [0.2, 0.25) is 19.2 Å². The molecule has 10 aliphatic rings. The molecule has 0 spiro atoms. The minimum atomic E-state index is 0.152. The van der Waals surface area contributed by atoms with Gasteiger partial charge in [0, 0.05) is 186 Å². The summed E-state index contributed by atoms with van der Waals surface area (Å²) in [7, 11) is 8.67. The second kappa shape index (κ2) is 78.5. The molecule has 10 heterocycles. The van der Waals surface area contributed by atoms with Crippen LogP contribution < -0.4 is 53.2 Å². The fourth-order valence-electron chi connectivity index (χ4n) is 17.6. The standard InChI is InChI=1S/6C12H26N2O.3C11H22N2O2.C11H24N2O/c3*1-12(2,3)13-7-5-6-11-10-14(4)8-9-15-11;3*1-5-14-8-9-15-11(10-14)6-7-13-12(2,3)4;3*1-11(2,3)12-5-4-10-8-13(9-14)6-7-15-10;1-11(2,3)12-6-5-10-9-13(4)7-8-14-10/h6*11,13H,5-10H2,1-4H3;3*9-10,12H,4-8H2,1-3H3;10,12H,5-9H2,1-4H3/t2*11-;;2*11-;;2*10-;;/m10.10.10../s1. The molecule has 0 aliphatic carbocycles. The monoisotopic (exact) mass is 2130 g/mol. The lowest BCUT2D eigenvalue weighted by atomic mass is 10.1. The third kappa shape index (κ3) is 89.8. The van der Waals surface area contributed by atoms with Gasteiger partial charge in [-0.3, -0.25) is 29.1 Å². The lowest BCUT2D eigenvalue weighted by Crippen LogP contribution is -2.44. The summed E-state index contributed by atoms with van der Waals surface area (Å²) >= 11 is 0. The molecule has 10 rings (SSSR count). The van der Waals surface area contributed by atoms with Crippen LogP contribution in [0.1, 0.15) is 312 Å². The van der Waals surface area contributed by atoms with E-state index in [1.54, 1.807) is 14.7 Å². The fourth-order valence-corrected chi connectivity index (χ4v) is 17.6. The van der Waals surface area contributed by atoms with Crippen LogP contribution in [0, 0.1) is 0 Å². The van der Waals surface area contributed by atoms with Crippen LogP contribution in [-0.2, 0) is 61.8 Å². The number of likely N-dealkylation sites (N-methyl/N-ethyl adjacent to an activating group) is 7. The summed E-state index contributed by atoms with van der Waals surface area (Å²) in [6.45, 7) is 114. The number of rotatable bonds is 39. The van der Waals surface area contributed by atoms with Gasteiger partial charge >= 0.3 is 0 Å². The number of ether oxygens (including phenoxy) is 10. The average Bonchev–Trinajstić information content (AvgIpc) is 0.879. The second-order valence-electron chi connectivity index (χ2n) is 53.2. The second-order valence-corrected chi connectivity index (χ2v) is 53.2. The third-order valence-electron chi connectivity index (χ3n) is 26.3. The summed E-state index contributed by atoms with van der Waals surface area (Å²) in [6, 6.07) is 0. The zero-order chi connectivity index (χ0) is 112. The zero-order valence-corrected chi connectivity index (χ0v) is 104. The van der Waals surface area contributed by atoms with Gasteiger partial charge in [0.1, 0.15) is 0 Å². The van der Waals surface area contributed by atoms with Crippen molar-refractivity contribution in [2.75, 3.05) is 310 Å². The molecule has 10 N–H and O–H groups in total. The van der Waals surface area contributed by atoms with Gasteiger partial charge < -0.3 is 135 Å². The summed E-state index contributed by atoms with van der Waals surface area (Å²) in [6.07, 6.45) is 20.8. The Labute approximate surface area is 916 Å². The van der Waals surface area contributed by atoms with E-state index in [1.165, 1.54) is 38.5 Å². The number of carbonyl (C=O) groups is 3. The first-order chi connectivity index (χ1) is 69.4. The molecule has 0 aromatic carbocycles. The van der Waals surface area contributed by atoms with Gasteiger partial charge in [0.25, 0.3) is 0 Å². The average molecular weight is 2130 g/mol. The molecule has 149 heavy (non-hydrogen) atoms. The van der Waals surface area contributed by atoms with Crippen LogP contribution in [0.3, 0.4) is 0 Å². The summed E-state index contributed by atoms with van der Waals surface area (Å²) in [5, 5.41) is 34.8. The third-order valence-corrected chi connectivity index (χ3v) is 26.3. The Morgan fingerprint density at radius 1 is 0.195 bits per heavy atom. The van der Waals surface area contributed by atoms with Gasteiger partial charge in [0.05, 0.1) is 127 Å². The fraction of sp³-hybridized carbons (Fsp3) is 0.974. The molecule has 3 amide bonds. The molecule has 4 unspecified atom stereocenters. The van der Waals surface area contributed by atoms with Crippen LogP contribution in [0.2, 0.25) is 0 Å². The Kier molecular flexibility index (Phi) is 76.1. The van der Waals surface area contributed by atoms with Crippen LogP contribution in [0.25, 0.3) is 0 Å². The van der Waals surface area contributed by atoms with Crippen molar-refractivity contribution in [3.05, 3.63) is 0 Å². The van der Waals surface area contributed by atoms with E-state index in [1.807, 2.05) is 0 Å². The quantitative estimate of drug-likeness (QED) is 0.0202. The van der Waals surface area contributed by atoms with E-state index in [9.17, 15) is 14.4 Å². The minimum absolute atomic E-state index is 0.152. The van der Waals surface area contributed by atoms with Gasteiger partial charge in [-0.05, 0) is 404 Å². The maximum absolute atomic E-state index is 10.6. The van der Waals surface area contributed by atoms with Crippen molar-refractivity contribution in [2.45, 2.75) is 428 Å². The number of nitrogens with one attached hydrogen (secondary N) is 10. The highest BCUT2D eigenvalue weighted by molar-refractivity contribution is 5.48. The van der Waals surface area contributed by atoms with Crippen molar-refractivity contribution in [1.29, 1.82) is 0 Å². The van der Waals surface area contributed by atoms with Crippen LogP contribution in [-0.4, -0.2) is 495 Å². The maximum atomic E-state index is 10.6. The minimum Gasteiger partial charge on any atom is -0.376 e. The molecular weight excluding hydrogens is 1880 g/mol. The van der Waals surface area contributed by atoms with Gasteiger partial charge in [-0.25, -0.2) is 0 Å². The number of amides is 3. The number of carbonyl (C=O) groups excluding carboxylic acids is 3. The zero-order valence-electron chi connectivity index (χ0n) is 104. The number of hydrogen-bond donors (Lipinski definition) is 10. The first-order valence-electron chi connectivity index (χ1n) is 58.6. The molecule has 0 aromatic rings. The molecule has 33 heteroatoms. The summed E-state index contributed by atoms with van der Waals surface area (Å²) < 4.78 is 56.8. The Morgan fingerprint density at radius 2 is 0.336 bits per heavy atom. The molecule has 0 radical (unpaired) electrons. The van der Waals surface area contributed by atoms with Crippen molar-refractivity contribution in [2.24, 2.45) is 0 Å². The highest BCUT2D eigenvalue weighted by Crippen LogP contribution is 2.20. The van der Waals surface area contributed by atoms with Crippen LogP contribution in [0.5, 0.6) is 0 Å². The lowest BCUT2D eigenvalue weighted by molar-refractivity contribution is -0.126. The van der Waals surface area contributed by atoms with E-state index in [0.717, 1.165) is 326 Å². The highest BCUT2D eigenvalue weighted by Gasteiger charge is 2.30. The Bertz CT molecular complexity index is 2900. The lowest BCUT2D eigenvalue weighted by Gasteiger charge is -2.32. The molecule has 0 bridgehead atoms. The van der Waals surface area contributed by atoms with Crippen molar-refractivity contribution >= 4 is 19.2 Å². The number of nitrogens with zero attached hydrogens (tertiary/aromatic N) is 10. The van der Waals surface area contributed by atoms with E-state index in [0.29, 0.717) is 62.5 Å². The van der Waals surface area contributed by atoms with Crippen molar-refractivity contribution in [1.82, 2.24) is 102 Å². The first-order valence-corrected chi connectivity index (χ1v) is 58.6. The predicted octanol–water partition coefficient (Wildman–Crippen LogP) is 11.9. The molecule has 0 aromatic heterocycles. The molecule has 10 saturated heterocycles. The van der Waals surface area contributed by atoms with E-state index in [-0.39, 0.29) is 73.7 Å². The van der Waals surface area contributed by atoms with Crippen LogP contribution in [0.15, 0.2) is 0 Å². The van der Waals surface area contributed by atoms with Crippen LogP contribution in [0.4, 0.5) is 0 Å². The highest BCUT2D eigenvalue weighted by atomic mass is 16.5. The molecule has 10 fully saturated rings. The number of morpholine rings is 10. The summed E-state index contributed by atoms with van der Waals surface area (Å²) in [5.74, 6) is 0. The molecule has 10 aliphatic heterocycles. The summed E-state index contributed by atoms with van der Waals surface area (Å²) in [5.41, 5.74) is 2.06. The summed E-state index contributed by atoms with van der Waals surface area (Å²) in [4.78, 5) is 53.9. The van der Waals surface area contributed by atoms with Crippen LogP contribution >= 0.6 is 0 Å². The Balaban J connectivity index is 0.000000828. The van der Waals surface area contributed by atoms with E-state index < -0.39 is 0 Å². The molecule has 888 valence electrons. The Hall–Kier alpha value is -2.67.